The Bertz CT molecular complexity index is 1410. The van der Waals surface area contributed by atoms with Crippen LogP contribution in [0.4, 0.5) is 5.95 Å². The Balaban J connectivity index is 1.39. The van der Waals surface area contributed by atoms with E-state index in [2.05, 4.69) is 32.4 Å². The van der Waals surface area contributed by atoms with Crippen molar-refractivity contribution < 1.29 is 4.79 Å². The molecule has 34 heavy (non-hydrogen) atoms. The Labute approximate surface area is 201 Å². The molecule has 0 spiro atoms. The molecule has 0 fully saturated rings. The van der Waals surface area contributed by atoms with Gasteiger partial charge in [-0.2, -0.15) is 0 Å². The van der Waals surface area contributed by atoms with Crippen LogP contribution in [0.1, 0.15) is 13.3 Å². The minimum absolute atomic E-state index is 0.150. The highest BCUT2D eigenvalue weighted by Gasteiger charge is 2.18. The molecule has 0 atom stereocenters. The maximum Gasteiger partial charge on any atom is 0.237 e. The number of hydrogen-bond acceptors (Lipinski definition) is 6. The van der Waals surface area contributed by atoms with Crippen LogP contribution in [0.15, 0.2) is 84.3 Å². The number of nitrogens with one attached hydrogen (secondary N) is 1. The van der Waals surface area contributed by atoms with Crippen LogP contribution < -0.4 is 5.32 Å². The standard InChI is InChI=1S/C25H23N7OS/c1-2-15-31-21-13-7-6-12-20(21)27-24(31)28-22(33)17-34-25-30-29-23(18-9-8-14-26-16-18)32(25)19-10-4-3-5-11-19/h3-14,16H,2,15,17H2,1H3,(H,27,28,33). The first kappa shape index (κ1) is 21.8. The monoisotopic (exact) mass is 469 g/mol. The second-order valence-corrected chi connectivity index (χ2v) is 8.57. The Kier molecular flexibility index (Phi) is 6.35. The summed E-state index contributed by atoms with van der Waals surface area (Å²) >= 11 is 1.33. The third-order valence-corrected chi connectivity index (χ3v) is 6.18. The molecule has 9 heteroatoms. The largest absolute Gasteiger partial charge is 0.310 e. The summed E-state index contributed by atoms with van der Waals surface area (Å²) in [6.45, 7) is 2.88. The van der Waals surface area contributed by atoms with E-state index in [0.29, 0.717) is 16.9 Å². The van der Waals surface area contributed by atoms with E-state index in [1.54, 1.807) is 12.4 Å². The van der Waals surface area contributed by atoms with Gasteiger partial charge in [0.25, 0.3) is 0 Å². The fraction of sp³-hybridized carbons (Fsp3) is 0.160. The van der Waals surface area contributed by atoms with E-state index in [4.69, 9.17) is 0 Å². The Morgan fingerprint density at radius 1 is 1.00 bits per heavy atom. The van der Waals surface area contributed by atoms with Gasteiger partial charge in [0.05, 0.1) is 16.8 Å². The number of carbonyl (C=O) groups excluding carboxylic acids is 1. The molecule has 0 saturated carbocycles. The van der Waals surface area contributed by atoms with Crippen molar-refractivity contribution in [1.29, 1.82) is 0 Å². The van der Waals surface area contributed by atoms with Crippen molar-refractivity contribution in [2.24, 2.45) is 0 Å². The van der Waals surface area contributed by atoms with E-state index in [0.717, 1.165) is 35.2 Å². The van der Waals surface area contributed by atoms with E-state index >= 15 is 0 Å². The lowest BCUT2D eigenvalue weighted by Gasteiger charge is -2.11. The summed E-state index contributed by atoms with van der Waals surface area (Å²) in [5.41, 5.74) is 3.64. The van der Waals surface area contributed by atoms with E-state index < -0.39 is 0 Å². The summed E-state index contributed by atoms with van der Waals surface area (Å²) in [5.74, 6) is 1.26. The first-order valence-corrected chi connectivity index (χ1v) is 12.0. The normalized spacial score (nSPS) is 11.1. The average molecular weight is 470 g/mol. The molecule has 0 aliphatic carbocycles. The predicted octanol–water partition coefficient (Wildman–Crippen LogP) is 4.82. The maximum atomic E-state index is 12.9. The number of aryl methyl sites for hydroxylation is 1. The quantitative estimate of drug-likeness (QED) is 0.328. The number of imidazole rings is 1. The molecule has 2 aromatic carbocycles. The molecule has 0 radical (unpaired) electrons. The summed E-state index contributed by atoms with van der Waals surface area (Å²) in [4.78, 5) is 21.7. The van der Waals surface area contributed by atoms with Gasteiger partial charge in [0.1, 0.15) is 0 Å². The van der Waals surface area contributed by atoms with Crippen LogP contribution in [0.5, 0.6) is 0 Å². The van der Waals surface area contributed by atoms with Crippen molar-refractivity contribution in [2.75, 3.05) is 11.1 Å². The van der Waals surface area contributed by atoms with Crippen LogP contribution in [-0.4, -0.2) is 41.0 Å². The Morgan fingerprint density at radius 3 is 2.62 bits per heavy atom. The van der Waals surface area contributed by atoms with Gasteiger partial charge in [0.2, 0.25) is 11.9 Å². The van der Waals surface area contributed by atoms with Crippen molar-refractivity contribution in [1.82, 2.24) is 29.3 Å². The molecule has 0 unspecified atom stereocenters. The van der Waals surface area contributed by atoms with Gasteiger partial charge >= 0.3 is 0 Å². The number of anilines is 1. The fourth-order valence-electron chi connectivity index (χ4n) is 3.77. The second kappa shape index (κ2) is 9.88. The lowest BCUT2D eigenvalue weighted by Crippen LogP contribution is -2.18. The molecule has 3 aromatic heterocycles. The molecular weight excluding hydrogens is 446 g/mol. The molecule has 0 aliphatic heterocycles. The smallest absolute Gasteiger partial charge is 0.237 e. The fourth-order valence-corrected chi connectivity index (χ4v) is 4.52. The molecule has 1 N–H and O–H groups in total. The van der Waals surface area contributed by atoms with Gasteiger partial charge in [0, 0.05) is 30.2 Å². The summed E-state index contributed by atoms with van der Waals surface area (Å²) in [7, 11) is 0. The lowest BCUT2D eigenvalue weighted by molar-refractivity contribution is -0.113. The van der Waals surface area contributed by atoms with Crippen molar-refractivity contribution in [3.05, 3.63) is 79.1 Å². The van der Waals surface area contributed by atoms with Gasteiger partial charge in [-0.15, -0.1) is 10.2 Å². The van der Waals surface area contributed by atoms with Gasteiger partial charge in [-0.25, -0.2) is 4.98 Å². The number of aromatic nitrogens is 6. The molecule has 0 bridgehead atoms. The van der Waals surface area contributed by atoms with E-state index in [9.17, 15) is 4.79 Å². The average Bonchev–Trinajstić information content (AvgIpc) is 3.46. The van der Waals surface area contributed by atoms with Crippen LogP contribution in [0.3, 0.4) is 0 Å². The minimum Gasteiger partial charge on any atom is -0.310 e. The van der Waals surface area contributed by atoms with Gasteiger partial charge < -0.3 is 4.57 Å². The van der Waals surface area contributed by atoms with Gasteiger partial charge in [-0.3, -0.25) is 19.7 Å². The second-order valence-electron chi connectivity index (χ2n) is 7.63. The van der Waals surface area contributed by atoms with Crippen LogP contribution in [0.2, 0.25) is 0 Å². The molecule has 8 nitrogen and oxygen atoms in total. The topological polar surface area (TPSA) is 90.5 Å². The molecule has 170 valence electrons. The summed E-state index contributed by atoms with van der Waals surface area (Å²) < 4.78 is 3.99. The number of hydrogen-bond donors (Lipinski definition) is 1. The third-order valence-electron chi connectivity index (χ3n) is 5.25. The molecule has 0 aliphatic rings. The SMILES string of the molecule is CCCn1c(NC(=O)CSc2nnc(-c3cccnc3)n2-c2ccccc2)nc2ccccc21. The molecule has 3 heterocycles. The Morgan fingerprint density at radius 2 is 1.82 bits per heavy atom. The number of thioether (sulfide) groups is 1. The highest BCUT2D eigenvalue weighted by molar-refractivity contribution is 7.99. The van der Waals surface area contributed by atoms with Crippen molar-refractivity contribution >= 4 is 34.7 Å². The number of nitrogens with zero attached hydrogens (tertiary/aromatic N) is 6. The molecule has 5 aromatic rings. The van der Waals surface area contributed by atoms with Crippen LogP contribution in [0.25, 0.3) is 28.1 Å². The number of benzene rings is 2. The number of fused-ring (bicyclic) bond motifs is 1. The molecule has 0 saturated heterocycles. The van der Waals surface area contributed by atoms with Gasteiger partial charge in [-0.1, -0.05) is 49.0 Å². The van der Waals surface area contributed by atoms with Crippen LogP contribution in [-0.2, 0) is 11.3 Å². The Hall–Kier alpha value is -3.98. The first-order valence-electron chi connectivity index (χ1n) is 11.0. The zero-order chi connectivity index (χ0) is 23.3. The number of pyridine rings is 1. The first-order chi connectivity index (χ1) is 16.7. The van der Waals surface area contributed by atoms with Crippen molar-refractivity contribution in [3.8, 4) is 17.1 Å². The molecule has 5 rings (SSSR count). The zero-order valence-electron chi connectivity index (χ0n) is 18.6. The van der Waals surface area contributed by atoms with Gasteiger partial charge in [-0.05, 0) is 42.8 Å². The van der Waals surface area contributed by atoms with Gasteiger partial charge in [0.15, 0.2) is 11.0 Å². The van der Waals surface area contributed by atoms with Crippen LogP contribution >= 0.6 is 11.8 Å². The van der Waals surface area contributed by atoms with E-state index in [1.165, 1.54) is 11.8 Å². The van der Waals surface area contributed by atoms with Crippen molar-refractivity contribution in [3.63, 3.8) is 0 Å². The lowest BCUT2D eigenvalue weighted by atomic mass is 10.2. The van der Waals surface area contributed by atoms with Crippen molar-refractivity contribution in [2.45, 2.75) is 25.0 Å². The van der Waals surface area contributed by atoms with Crippen LogP contribution in [0, 0.1) is 0 Å². The highest BCUT2D eigenvalue weighted by atomic mass is 32.2. The molecular formula is C25H23N7OS. The molecule has 1 amide bonds. The number of rotatable bonds is 8. The zero-order valence-corrected chi connectivity index (χ0v) is 19.4. The summed E-state index contributed by atoms with van der Waals surface area (Å²) in [6, 6.07) is 21.6. The number of amides is 1. The third kappa shape index (κ3) is 4.42. The number of para-hydroxylation sites is 3. The minimum atomic E-state index is -0.150. The number of carbonyl (C=O) groups is 1. The van der Waals surface area contributed by atoms with E-state index in [-0.39, 0.29) is 11.7 Å². The highest BCUT2D eigenvalue weighted by Crippen LogP contribution is 2.28. The summed E-state index contributed by atoms with van der Waals surface area (Å²) in [5, 5.41) is 12.4. The predicted molar refractivity (Wildman–Crippen MR) is 134 cm³/mol. The summed E-state index contributed by atoms with van der Waals surface area (Å²) in [6.07, 6.45) is 4.41. The maximum absolute atomic E-state index is 12.9. The van der Waals surface area contributed by atoms with E-state index in [1.807, 2.05) is 75.9 Å².